The molecule has 1 saturated heterocycles. The summed E-state index contributed by atoms with van der Waals surface area (Å²) < 4.78 is 1.28. The molecule has 2 heterocycles. The molecular formula is C14H21N3O3. The van der Waals surface area contributed by atoms with E-state index in [2.05, 4.69) is 5.43 Å². The first-order chi connectivity index (χ1) is 9.56. The predicted octanol–water partition coefficient (Wildman–Crippen LogP) is 0.953. The molecule has 6 nitrogen and oxygen atoms in total. The fourth-order valence-electron chi connectivity index (χ4n) is 2.24. The van der Waals surface area contributed by atoms with E-state index in [0.29, 0.717) is 13.0 Å². The second kappa shape index (κ2) is 6.67. The largest absolute Gasteiger partial charge is 0.299 e. The second-order valence-electron chi connectivity index (χ2n) is 5.10. The van der Waals surface area contributed by atoms with E-state index < -0.39 is 0 Å². The highest BCUT2D eigenvalue weighted by Crippen LogP contribution is 2.06. The molecule has 0 aromatic carbocycles. The second-order valence-corrected chi connectivity index (χ2v) is 5.10. The lowest BCUT2D eigenvalue weighted by atomic mass is 10.2. The highest BCUT2D eigenvalue weighted by molar-refractivity contribution is 5.83. The standard InChI is InChI=1S/C14H21N3O3/c1-11-9-12(2)17(14(19)10-11)15-13(18)5-7-16-6-3-4-8-20-16/h9-10H,3-8H2,1-2H3,(H,15,18). The minimum Gasteiger partial charge on any atom is -0.299 e. The third-order valence-electron chi connectivity index (χ3n) is 3.26. The Labute approximate surface area is 118 Å². The Kier molecular flexibility index (Phi) is 4.92. The van der Waals surface area contributed by atoms with Gasteiger partial charge in [0.15, 0.2) is 0 Å². The van der Waals surface area contributed by atoms with Crippen molar-refractivity contribution in [3.8, 4) is 0 Å². The highest BCUT2D eigenvalue weighted by Gasteiger charge is 2.13. The molecule has 0 spiro atoms. The maximum atomic E-state index is 11.9. The molecule has 1 aliphatic rings. The maximum absolute atomic E-state index is 11.9. The Balaban J connectivity index is 1.89. The van der Waals surface area contributed by atoms with Crippen molar-refractivity contribution in [2.45, 2.75) is 33.1 Å². The summed E-state index contributed by atoms with van der Waals surface area (Å²) in [5.41, 5.74) is 4.02. The van der Waals surface area contributed by atoms with Gasteiger partial charge in [0.25, 0.3) is 5.56 Å². The summed E-state index contributed by atoms with van der Waals surface area (Å²) in [5.74, 6) is -0.187. The highest BCUT2D eigenvalue weighted by atomic mass is 16.7. The number of hydrogen-bond acceptors (Lipinski definition) is 4. The molecule has 2 rings (SSSR count). The molecule has 1 aromatic rings. The molecule has 1 aromatic heterocycles. The van der Waals surface area contributed by atoms with E-state index in [1.165, 1.54) is 10.7 Å². The molecule has 1 fully saturated rings. The van der Waals surface area contributed by atoms with E-state index in [4.69, 9.17) is 4.84 Å². The summed E-state index contributed by atoms with van der Waals surface area (Å²) in [7, 11) is 0. The normalized spacial score (nSPS) is 16.1. The number of nitrogens with one attached hydrogen (secondary N) is 1. The van der Waals surface area contributed by atoms with Crippen molar-refractivity contribution in [3.05, 3.63) is 33.7 Å². The zero-order chi connectivity index (χ0) is 14.5. The van der Waals surface area contributed by atoms with E-state index in [0.717, 1.165) is 37.3 Å². The summed E-state index contributed by atoms with van der Waals surface area (Å²) in [6.07, 6.45) is 2.47. The van der Waals surface area contributed by atoms with Gasteiger partial charge in [-0.15, -0.1) is 0 Å². The van der Waals surface area contributed by atoms with Crippen molar-refractivity contribution in [3.63, 3.8) is 0 Å². The fraction of sp³-hybridized carbons (Fsp3) is 0.571. The van der Waals surface area contributed by atoms with Crippen LogP contribution in [-0.2, 0) is 9.63 Å². The number of aryl methyl sites for hydroxylation is 2. The lowest BCUT2D eigenvalue weighted by molar-refractivity contribution is -0.181. The van der Waals surface area contributed by atoms with Crippen molar-refractivity contribution in [2.75, 3.05) is 25.1 Å². The van der Waals surface area contributed by atoms with Gasteiger partial charge >= 0.3 is 0 Å². The van der Waals surface area contributed by atoms with Gasteiger partial charge in [-0.25, -0.2) is 4.68 Å². The van der Waals surface area contributed by atoms with E-state index >= 15 is 0 Å². The van der Waals surface area contributed by atoms with Crippen LogP contribution < -0.4 is 11.0 Å². The van der Waals surface area contributed by atoms with Crippen LogP contribution in [0.25, 0.3) is 0 Å². The van der Waals surface area contributed by atoms with Crippen molar-refractivity contribution >= 4 is 5.91 Å². The van der Waals surface area contributed by atoms with Crippen LogP contribution in [-0.4, -0.2) is 35.3 Å². The molecule has 0 radical (unpaired) electrons. The molecular weight excluding hydrogens is 258 g/mol. The first-order valence-corrected chi connectivity index (χ1v) is 6.94. The van der Waals surface area contributed by atoms with E-state index in [9.17, 15) is 9.59 Å². The summed E-state index contributed by atoms with van der Waals surface area (Å²) in [5, 5.41) is 1.81. The number of rotatable bonds is 4. The molecule has 6 heteroatoms. The zero-order valence-electron chi connectivity index (χ0n) is 12.0. The van der Waals surface area contributed by atoms with E-state index in [1.807, 2.05) is 18.1 Å². The maximum Gasteiger partial charge on any atom is 0.269 e. The average molecular weight is 279 g/mol. The molecule has 20 heavy (non-hydrogen) atoms. The first kappa shape index (κ1) is 14.7. The topological polar surface area (TPSA) is 63.6 Å². The number of carbonyl (C=O) groups excluding carboxylic acids is 1. The van der Waals surface area contributed by atoms with Gasteiger partial charge in [-0.2, -0.15) is 5.06 Å². The van der Waals surface area contributed by atoms with Crippen LogP contribution in [0.5, 0.6) is 0 Å². The van der Waals surface area contributed by atoms with Gasteiger partial charge in [0.1, 0.15) is 0 Å². The Bertz CT molecular complexity index is 533. The Morgan fingerprint density at radius 2 is 2.15 bits per heavy atom. The number of nitrogens with zero attached hydrogens (tertiary/aromatic N) is 2. The average Bonchev–Trinajstić information content (AvgIpc) is 2.42. The summed E-state index contributed by atoms with van der Waals surface area (Å²) in [6, 6.07) is 3.36. The molecule has 0 atom stereocenters. The lowest BCUT2D eigenvalue weighted by Gasteiger charge is -2.25. The predicted molar refractivity (Wildman–Crippen MR) is 75.9 cm³/mol. The third kappa shape index (κ3) is 3.91. The van der Waals surface area contributed by atoms with Crippen LogP contribution in [0.15, 0.2) is 16.9 Å². The number of hydroxylamine groups is 2. The van der Waals surface area contributed by atoms with Crippen molar-refractivity contribution in [2.24, 2.45) is 0 Å². The molecule has 1 N–H and O–H groups in total. The fourth-order valence-corrected chi connectivity index (χ4v) is 2.24. The third-order valence-corrected chi connectivity index (χ3v) is 3.26. The first-order valence-electron chi connectivity index (χ1n) is 6.94. The van der Waals surface area contributed by atoms with Crippen LogP contribution in [0, 0.1) is 13.8 Å². The number of aromatic nitrogens is 1. The molecule has 1 amide bonds. The Hall–Kier alpha value is -1.66. The van der Waals surface area contributed by atoms with Crippen molar-refractivity contribution in [1.82, 2.24) is 9.74 Å². The van der Waals surface area contributed by atoms with Gasteiger partial charge < -0.3 is 0 Å². The molecule has 110 valence electrons. The molecule has 0 unspecified atom stereocenters. The smallest absolute Gasteiger partial charge is 0.269 e. The Morgan fingerprint density at radius 3 is 2.80 bits per heavy atom. The van der Waals surface area contributed by atoms with Gasteiger partial charge in [-0.3, -0.25) is 19.9 Å². The monoisotopic (exact) mass is 279 g/mol. The van der Waals surface area contributed by atoms with Gasteiger partial charge in [-0.1, -0.05) is 0 Å². The quantitative estimate of drug-likeness (QED) is 0.891. The molecule has 0 bridgehead atoms. The number of amides is 1. The summed E-state index contributed by atoms with van der Waals surface area (Å²) in [4.78, 5) is 29.1. The molecule has 0 aliphatic carbocycles. The molecule has 1 aliphatic heterocycles. The van der Waals surface area contributed by atoms with Gasteiger partial charge in [0.2, 0.25) is 5.91 Å². The van der Waals surface area contributed by atoms with E-state index in [-0.39, 0.29) is 11.5 Å². The number of hydrogen-bond donors (Lipinski definition) is 1. The van der Waals surface area contributed by atoms with Gasteiger partial charge in [-0.05, 0) is 38.3 Å². The Morgan fingerprint density at radius 1 is 1.35 bits per heavy atom. The van der Waals surface area contributed by atoms with Crippen LogP contribution in [0.1, 0.15) is 30.5 Å². The van der Waals surface area contributed by atoms with Crippen LogP contribution in [0.3, 0.4) is 0 Å². The summed E-state index contributed by atoms with van der Waals surface area (Å²) in [6.45, 7) is 5.77. The van der Waals surface area contributed by atoms with Crippen LogP contribution >= 0.6 is 0 Å². The van der Waals surface area contributed by atoms with Crippen molar-refractivity contribution in [1.29, 1.82) is 0 Å². The minimum absolute atomic E-state index is 0.187. The SMILES string of the molecule is Cc1cc(C)n(NC(=O)CCN2CCCCO2)c(=O)c1. The number of pyridine rings is 1. The minimum atomic E-state index is -0.218. The molecule has 0 saturated carbocycles. The summed E-state index contributed by atoms with van der Waals surface area (Å²) >= 11 is 0. The van der Waals surface area contributed by atoms with Crippen LogP contribution in [0.2, 0.25) is 0 Å². The van der Waals surface area contributed by atoms with Gasteiger partial charge in [0.05, 0.1) is 6.61 Å². The van der Waals surface area contributed by atoms with Crippen molar-refractivity contribution < 1.29 is 9.63 Å². The number of carbonyl (C=O) groups is 1. The lowest BCUT2D eigenvalue weighted by Crippen LogP contribution is -2.37. The van der Waals surface area contributed by atoms with Gasteiger partial charge in [0, 0.05) is 31.3 Å². The zero-order valence-corrected chi connectivity index (χ0v) is 12.0. The van der Waals surface area contributed by atoms with Crippen LogP contribution in [0.4, 0.5) is 0 Å². The van der Waals surface area contributed by atoms with E-state index in [1.54, 1.807) is 6.92 Å².